The van der Waals surface area contributed by atoms with Crippen molar-refractivity contribution < 1.29 is 2.74 Å². The molecule has 52 valence electrons. The molecular weight excluding hydrogens is 124 g/mol. The molecule has 0 fully saturated rings. The first kappa shape index (κ1) is 5.48. The van der Waals surface area contributed by atoms with Gasteiger partial charge in [0.15, 0.2) is 0 Å². The largest absolute Gasteiger partial charge is 0.0950 e. The zero-order valence-electron chi connectivity index (χ0n) is 8.65. The summed E-state index contributed by atoms with van der Waals surface area (Å²) in [5.74, 6) is 0. The van der Waals surface area contributed by atoms with Gasteiger partial charge in [0.25, 0.3) is 0 Å². The zero-order chi connectivity index (χ0) is 9.07. The molecule has 0 aliphatic carbocycles. The van der Waals surface area contributed by atoms with Gasteiger partial charge in [0.2, 0.25) is 0 Å². The second-order valence-corrected chi connectivity index (χ2v) is 7.77. The Bertz CT molecular complexity index is 187. The smallest absolute Gasteiger partial charge is 0.0686 e. The molecule has 0 amide bonds. The Labute approximate surface area is 62.1 Å². The van der Waals surface area contributed by atoms with E-state index in [1.54, 1.807) is 12.2 Å². The molecule has 0 saturated heterocycles. The lowest BCUT2D eigenvalue weighted by molar-refractivity contribution is 1.71. The van der Waals surface area contributed by atoms with Crippen molar-refractivity contribution in [3.8, 4) is 0 Å². The summed E-state index contributed by atoms with van der Waals surface area (Å²) in [4.78, 5) is 0. The quantitative estimate of drug-likeness (QED) is 0.411. The fourth-order valence-electron chi connectivity index (χ4n) is 0.342. The lowest BCUT2D eigenvalue weighted by Gasteiger charge is -2.06. The van der Waals surface area contributed by atoms with Crippen molar-refractivity contribution >= 4 is 8.07 Å². The summed E-state index contributed by atoms with van der Waals surface area (Å²) in [5.41, 5.74) is 0.524. The highest BCUT2D eigenvalue weighted by Gasteiger charge is 2.04. The Hall–Kier alpha value is -0.303. The topological polar surface area (TPSA) is 0 Å². The zero-order valence-corrected chi connectivity index (χ0v) is 7.65. The molecule has 0 unspecified atom stereocenters. The third-order valence-corrected chi connectivity index (χ3v) is 1.59. The summed E-state index contributed by atoms with van der Waals surface area (Å²) in [6.07, 6.45) is 3.48. The van der Waals surface area contributed by atoms with Gasteiger partial charge < -0.3 is 0 Å². The van der Waals surface area contributed by atoms with Crippen molar-refractivity contribution in [2.24, 2.45) is 0 Å². The maximum atomic E-state index is 7.64. The minimum Gasteiger partial charge on any atom is -0.0950 e. The Morgan fingerprint density at radius 1 is 1.33 bits per heavy atom. The molecule has 0 N–H and O–H groups in total. The summed E-state index contributed by atoms with van der Waals surface area (Å²) in [5, 5.41) is 0. The summed E-state index contributed by atoms with van der Waals surface area (Å²) in [6, 6.07) is 0.367. The highest BCUT2D eigenvalue weighted by Crippen LogP contribution is 2.01. The van der Waals surface area contributed by atoms with Crippen LogP contribution in [0.3, 0.4) is 0 Å². The Morgan fingerprint density at radius 3 is 2.22 bits per heavy atom. The van der Waals surface area contributed by atoms with E-state index in [2.05, 4.69) is 19.6 Å². The monoisotopic (exact) mass is 142 g/mol. The molecule has 0 aromatic heterocycles. The van der Waals surface area contributed by atoms with Gasteiger partial charge in [-0.3, -0.25) is 0 Å². The van der Waals surface area contributed by atoms with Gasteiger partial charge in [0.05, 0.1) is 10.8 Å². The maximum absolute atomic E-state index is 7.64. The van der Waals surface area contributed by atoms with Gasteiger partial charge >= 0.3 is 0 Å². The molecule has 0 radical (unpaired) electrons. The number of hydrogen-bond donors (Lipinski definition) is 0. The van der Waals surface area contributed by atoms with Crippen molar-refractivity contribution in [3.05, 3.63) is 23.9 Å². The van der Waals surface area contributed by atoms with Gasteiger partial charge in [-0.15, -0.1) is 0 Å². The van der Waals surface area contributed by atoms with Crippen LogP contribution in [0.4, 0.5) is 0 Å². The summed E-state index contributed by atoms with van der Waals surface area (Å²) < 4.78 is 15.1. The Morgan fingerprint density at radius 2 is 1.89 bits per heavy atom. The second kappa shape index (κ2) is 3.67. The van der Waals surface area contributed by atoms with Crippen molar-refractivity contribution in [2.75, 3.05) is 0 Å². The fourth-order valence-corrected chi connectivity index (χ4v) is 0.858. The minimum absolute atomic E-state index is 0.367. The molecule has 0 heterocycles. The van der Waals surface area contributed by atoms with Crippen LogP contribution in [-0.4, -0.2) is 8.07 Å². The molecule has 1 heteroatoms. The van der Waals surface area contributed by atoms with E-state index < -0.39 is 8.07 Å². The molecule has 0 atom stereocenters. The first-order valence-electron chi connectivity index (χ1n) is 4.20. The van der Waals surface area contributed by atoms with E-state index >= 15 is 0 Å². The first-order valence-corrected chi connectivity index (χ1v) is 6.70. The molecular formula is C8H16Si. The average Bonchev–Trinajstić information content (AvgIpc) is 1.85. The molecule has 0 aliphatic rings. The van der Waals surface area contributed by atoms with Crippen LogP contribution >= 0.6 is 0 Å². The molecule has 0 rings (SSSR count). The Balaban J connectivity index is 4.67. The van der Waals surface area contributed by atoms with Crippen LogP contribution in [0, 0.1) is 0 Å². The van der Waals surface area contributed by atoms with Crippen molar-refractivity contribution in [1.82, 2.24) is 0 Å². The van der Waals surface area contributed by atoms with E-state index in [1.807, 2.05) is 6.92 Å². The standard InChI is InChI=1S/C8H16Si/c1-5-6-7-8-9(2,3)4/h5-8H,1-4H3/b6-5-,8-7-/i7D,8D. The molecule has 0 aromatic carbocycles. The summed E-state index contributed by atoms with van der Waals surface area (Å²) >= 11 is 0. The lowest BCUT2D eigenvalue weighted by Crippen LogP contribution is -2.14. The van der Waals surface area contributed by atoms with Crippen molar-refractivity contribution in [1.29, 1.82) is 0 Å². The van der Waals surface area contributed by atoms with Gasteiger partial charge in [0, 0.05) is 0 Å². The van der Waals surface area contributed by atoms with Crippen LogP contribution in [0.15, 0.2) is 23.9 Å². The van der Waals surface area contributed by atoms with Crippen LogP contribution in [0.2, 0.25) is 19.6 Å². The first-order chi connectivity index (χ1) is 4.89. The fraction of sp³-hybridized carbons (Fsp3) is 0.500. The van der Waals surface area contributed by atoms with E-state index in [0.29, 0.717) is 11.7 Å². The predicted octanol–water partition coefficient (Wildman–Crippen LogP) is 3.00. The van der Waals surface area contributed by atoms with Gasteiger partial charge in [0.1, 0.15) is 0 Å². The molecule has 0 nitrogen and oxygen atoms in total. The third-order valence-electron chi connectivity index (χ3n) is 0.697. The molecule has 0 saturated carbocycles. The van der Waals surface area contributed by atoms with Crippen LogP contribution in [0.5, 0.6) is 0 Å². The van der Waals surface area contributed by atoms with Crippen LogP contribution < -0.4 is 0 Å². The van der Waals surface area contributed by atoms with Gasteiger partial charge in [-0.05, 0) is 6.92 Å². The highest BCUT2D eigenvalue weighted by molar-refractivity contribution is 6.80. The van der Waals surface area contributed by atoms with Crippen LogP contribution in [0.1, 0.15) is 9.67 Å². The molecule has 0 bridgehead atoms. The normalized spacial score (nSPS) is 19.1. The molecule has 0 aromatic rings. The lowest BCUT2D eigenvalue weighted by atomic mass is 10.5. The van der Waals surface area contributed by atoms with E-state index in [4.69, 9.17) is 2.74 Å². The number of rotatable bonds is 2. The second-order valence-electron chi connectivity index (χ2n) is 3.02. The predicted molar refractivity (Wildman–Crippen MR) is 47.3 cm³/mol. The summed E-state index contributed by atoms with van der Waals surface area (Å²) in [6.45, 7) is 8.10. The van der Waals surface area contributed by atoms with Gasteiger partial charge in [-0.2, -0.15) is 0 Å². The molecule has 0 spiro atoms. The SMILES string of the molecule is [2H]C(/C=C\C)=C(\[2H])[Si](C)(C)C. The highest BCUT2D eigenvalue weighted by atomic mass is 28.3. The van der Waals surface area contributed by atoms with Gasteiger partial charge in [-0.25, -0.2) is 0 Å². The van der Waals surface area contributed by atoms with E-state index in [0.717, 1.165) is 0 Å². The maximum Gasteiger partial charge on any atom is 0.0686 e. The van der Waals surface area contributed by atoms with Crippen LogP contribution in [0.25, 0.3) is 0 Å². The Kier molecular flexibility index (Phi) is 2.24. The summed E-state index contributed by atoms with van der Waals surface area (Å²) in [7, 11) is -1.55. The third kappa shape index (κ3) is 7.70. The molecule has 0 aliphatic heterocycles. The average molecular weight is 142 g/mol. The van der Waals surface area contributed by atoms with E-state index in [1.165, 1.54) is 0 Å². The van der Waals surface area contributed by atoms with Gasteiger partial charge in [-0.1, -0.05) is 43.5 Å². The van der Waals surface area contributed by atoms with E-state index in [-0.39, 0.29) is 0 Å². The number of allylic oxidation sites excluding steroid dienone is 3. The molecule has 9 heavy (non-hydrogen) atoms. The van der Waals surface area contributed by atoms with Crippen molar-refractivity contribution in [3.63, 3.8) is 0 Å². The minimum atomic E-state index is -1.55. The van der Waals surface area contributed by atoms with Crippen LogP contribution in [-0.2, 0) is 0 Å². The van der Waals surface area contributed by atoms with Crippen molar-refractivity contribution in [2.45, 2.75) is 26.6 Å². The van der Waals surface area contributed by atoms with E-state index in [9.17, 15) is 0 Å². The number of hydrogen-bond acceptors (Lipinski definition) is 0.